The molecule has 1 heterocycles. The van der Waals surface area contributed by atoms with E-state index < -0.39 is 5.91 Å². The van der Waals surface area contributed by atoms with E-state index in [2.05, 4.69) is 10.5 Å². The molecule has 0 spiro atoms. The molecule has 5 nitrogen and oxygen atoms in total. The number of para-hydroxylation sites is 1. The summed E-state index contributed by atoms with van der Waals surface area (Å²) in [5, 5.41) is 15.9. The van der Waals surface area contributed by atoms with Crippen LogP contribution in [-0.2, 0) is 0 Å². The lowest BCUT2D eigenvalue weighted by Gasteiger charge is -2.07. The summed E-state index contributed by atoms with van der Waals surface area (Å²) in [7, 11) is 0. The predicted molar refractivity (Wildman–Crippen MR) is 62.0 cm³/mol. The van der Waals surface area contributed by atoms with Crippen LogP contribution in [0, 0.1) is 13.8 Å². The highest BCUT2D eigenvalue weighted by Gasteiger charge is 2.13. The number of hydrogen-bond donors (Lipinski definition) is 2. The first-order valence-corrected chi connectivity index (χ1v) is 5.11. The number of carbonyl (C=O) groups excluding carboxylic acids is 1. The van der Waals surface area contributed by atoms with E-state index in [4.69, 9.17) is 4.52 Å². The molecule has 5 heteroatoms. The van der Waals surface area contributed by atoms with Gasteiger partial charge in [-0.25, -0.2) is 0 Å². The average molecular weight is 232 g/mol. The van der Waals surface area contributed by atoms with Crippen LogP contribution in [0.1, 0.15) is 21.8 Å². The van der Waals surface area contributed by atoms with Crippen LogP contribution in [0.2, 0.25) is 0 Å². The van der Waals surface area contributed by atoms with E-state index in [0.29, 0.717) is 17.0 Å². The summed E-state index contributed by atoms with van der Waals surface area (Å²) in [5.74, 6) is 0.201. The van der Waals surface area contributed by atoms with Gasteiger partial charge in [0.05, 0.1) is 5.69 Å². The van der Waals surface area contributed by atoms with Gasteiger partial charge in [0, 0.05) is 6.07 Å². The number of anilines is 1. The zero-order valence-corrected chi connectivity index (χ0v) is 9.52. The summed E-state index contributed by atoms with van der Waals surface area (Å²) in [4.78, 5) is 11.7. The summed E-state index contributed by atoms with van der Waals surface area (Å²) >= 11 is 0. The van der Waals surface area contributed by atoms with Crippen LogP contribution in [0.25, 0.3) is 0 Å². The molecule has 1 aromatic carbocycles. The molecule has 0 aliphatic heterocycles. The first-order chi connectivity index (χ1) is 8.08. The lowest BCUT2D eigenvalue weighted by Crippen LogP contribution is -2.12. The van der Waals surface area contributed by atoms with Gasteiger partial charge in [0.2, 0.25) is 0 Å². The zero-order chi connectivity index (χ0) is 12.4. The minimum absolute atomic E-state index is 0.0565. The molecular weight excluding hydrogens is 220 g/mol. The van der Waals surface area contributed by atoms with E-state index in [1.54, 1.807) is 32.0 Å². The Hall–Kier alpha value is -2.30. The largest absolute Gasteiger partial charge is 0.505 e. The predicted octanol–water partition coefficient (Wildman–Crippen LogP) is 2.25. The molecule has 0 radical (unpaired) electrons. The van der Waals surface area contributed by atoms with Gasteiger partial charge in [-0.1, -0.05) is 17.3 Å². The number of phenols is 1. The smallest absolute Gasteiger partial charge is 0.277 e. The van der Waals surface area contributed by atoms with Gasteiger partial charge in [-0.05, 0) is 25.5 Å². The van der Waals surface area contributed by atoms with Gasteiger partial charge in [-0.15, -0.1) is 0 Å². The monoisotopic (exact) mass is 232 g/mol. The second-order valence-electron chi connectivity index (χ2n) is 3.75. The van der Waals surface area contributed by atoms with Crippen molar-refractivity contribution in [3.05, 3.63) is 41.3 Å². The third-order valence-electron chi connectivity index (χ3n) is 2.35. The van der Waals surface area contributed by atoms with Gasteiger partial charge in [-0.3, -0.25) is 4.79 Å². The molecule has 2 N–H and O–H groups in total. The van der Waals surface area contributed by atoms with Crippen molar-refractivity contribution in [1.82, 2.24) is 5.16 Å². The van der Waals surface area contributed by atoms with Gasteiger partial charge < -0.3 is 14.9 Å². The molecule has 0 atom stereocenters. The van der Waals surface area contributed by atoms with Crippen LogP contribution in [0.5, 0.6) is 5.75 Å². The van der Waals surface area contributed by atoms with Crippen LogP contribution >= 0.6 is 0 Å². The average Bonchev–Trinajstić information content (AvgIpc) is 2.72. The van der Waals surface area contributed by atoms with Crippen LogP contribution in [0.4, 0.5) is 5.69 Å². The fourth-order valence-electron chi connectivity index (χ4n) is 1.42. The number of benzene rings is 1. The highest BCUT2D eigenvalue weighted by molar-refractivity contribution is 6.03. The van der Waals surface area contributed by atoms with Crippen LogP contribution in [-0.4, -0.2) is 16.2 Å². The number of hydrogen-bond acceptors (Lipinski definition) is 4. The Morgan fingerprint density at radius 3 is 2.82 bits per heavy atom. The fraction of sp³-hybridized carbons (Fsp3) is 0.167. The molecule has 0 aliphatic rings. The summed E-state index contributed by atoms with van der Waals surface area (Å²) in [6, 6.07) is 6.65. The van der Waals surface area contributed by atoms with E-state index >= 15 is 0 Å². The molecule has 0 fully saturated rings. The SMILES string of the molecule is Cc1cc(C(=O)Nc2cccc(C)c2O)no1. The van der Waals surface area contributed by atoms with Crippen molar-refractivity contribution in [3.8, 4) is 5.75 Å². The van der Waals surface area contributed by atoms with E-state index in [0.717, 1.165) is 0 Å². The molecule has 88 valence electrons. The van der Waals surface area contributed by atoms with Gasteiger partial charge in [-0.2, -0.15) is 0 Å². The van der Waals surface area contributed by atoms with Crippen molar-refractivity contribution in [3.63, 3.8) is 0 Å². The maximum atomic E-state index is 11.7. The molecule has 2 rings (SSSR count). The number of nitrogens with one attached hydrogen (secondary N) is 1. The van der Waals surface area contributed by atoms with Crippen LogP contribution in [0.15, 0.2) is 28.8 Å². The Balaban J connectivity index is 2.21. The maximum Gasteiger partial charge on any atom is 0.277 e. The third kappa shape index (κ3) is 2.28. The highest BCUT2D eigenvalue weighted by Crippen LogP contribution is 2.26. The molecule has 17 heavy (non-hydrogen) atoms. The number of nitrogens with zero attached hydrogens (tertiary/aromatic N) is 1. The lowest BCUT2D eigenvalue weighted by molar-refractivity contribution is 0.101. The van der Waals surface area contributed by atoms with Crippen molar-refractivity contribution in [1.29, 1.82) is 0 Å². The number of carbonyl (C=O) groups is 1. The summed E-state index contributed by atoms with van der Waals surface area (Å²) in [6.07, 6.45) is 0. The summed E-state index contributed by atoms with van der Waals surface area (Å²) < 4.78 is 4.80. The summed E-state index contributed by atoms with van der Waals surface area (Å²) in [5.41, 5.74) is 1.23. The zero-order valence-electron chi connectivity index (χ0n) is 9.52. The highest BCUT2D eigenvalue weighted by atomic mass is 16.5. The Morgan fingerprint density at radius 1 is 1.41 bits per heavy atom. The minimum atomic E-state index is -0.414. The number of aromatic hydroxyl groups is 1. The number of phenolic OH excluding ortho intramolecular Hbond substituents is 1. The first kappa shape index (κ1) is 11.2. The topological polar surface area (TPSA) is 75.4 Å². The molecule has 0 bridgehead atoms. The third-order valence-corrected chi connectivity index (χ3v) is 2.35. The Labute approximate surface area is 98.1 Å². The van der Waals surface area contributed by atoms with Crippen LogP contribution < -0.4 is 5.32 Å². The first-order valence-electron chi connectivity index (χ1n) is 5.11. The van der Waals surface area contributed by atoms with Crippen molar-refractivity contribution in [2.75, 3.05) is 5.32 Å². The normalized spacial score (nSPS) is 10.2. The number of aromatic nitrogens is 1. The molecule has 0 saturated heterocycles. The molecular formula is C12H12N2O3. The second-order valence-corrected chi connectivity index (χ2v) is 3.75. The Kier molecular flexibility index (Phi) is 2.82. The number of amides is 1. The molecule has 0 saturated carbocycles. The molecule has 1 amide bonds. The van der Waals surface area contributed by atoms with E-state index in [9.17, 15) is 9.90 Å². The maximum absolute atomic E-state index is 11.7. The van der Waals surface area contributed by atoms with Gasteiger partial charge in [0.25, 0.3) is 5.91 Å². The number of rotatable bonds is 2. The second kappa shape index (κ2) is 4.29. The van der Waals surface area contributed by atoms with Crippen molar-refractivity contribution >= 4 is 11.6 Å². The lowest BCUT2D eigenvalue weighted by atomic mass is 10.2. The Morgan fingerprint density at radius 2 is 2.18 bits per heavy atom. The minimum Gasteiger partial charge on any atom is -0.505 e. The van der Waals surface area contributed by atoms with Crippen molar-refractivity contribution in [2.45, 2.75) is 13.8 Å². The molecule has 1 aromatic heterocycles. The van der Waals surface area contributed by atoms with E-state index in [1.165, 1.54) is 6.07 Å². The van der Waals surface area contributed by atoms with Crippen LogP contribution in [0.3, 0.4) is 0 Å². The Bertz CT molecular complexity index is 561. The quantitative estimate of drug-likeness (QED) is 0.778. The number of aryl methyl sites for hydroxylation is 2. The molecule has 0 unspecified atom stereocenters. The van der Waals surface area contributed by atoms with E-state index in [1.807, 2.05) is 0 Å². The van der Waals surface area contributed by atoms with E-state index in [-0.39, 0.29) is 11.4 Å². The van der Waals surface area contributed by atoms with Gasteiger partial charge in [0.15, 0.2) is 5.69 Å². The fourth-order valence-corrected chi connectivity index (χ4v) is 1.42. The molecule has 0 aliphatic carbocycles. The molecule has 2 aromatic rings. The van der Waals surface area contributed by atoms with Gasteiger partial charge >= 0.3 is 0 Å². The van der Waals surface area contributed by atoms with Crippen molar-refractivity contribution < 1.29 is 14.4 Å². The van der Waals surface area contributed by atoms with Gasteiger partial charge in [0.1, 0.15) is 11.5 Å². The van der Waals surface area contributed by atoms with Crippen molar-refractivity contribution in [2.24, 2.45) is 0 Å². The standard InChI is InChI=1S/C12H12N2O3/c1-7-4-3-5-9(11(7)15)13-12(16)10-6-8(2)17-14-10/h3-6,15H,1-2H3,(H,13,16). The summed E-state index contributed by atoms with van der Waals surface area (Å²) in [6.45, 7) is 3.46.